The number of hydrogen-bond donors (Lipinski definition) is 2. The molecule has 0 radical (unpaired) electrons. The van der Waals surface area contributed by atoms with Crippen LogP contribution in [0.4, 0.5) is 10.3 Å². The van der Waals surface area contributed by atoms with Crippen molar-refractivity contribution < 1.29 is 9.18 Å². The van der Waals surface area contributed by atoms with Crippen LogP contribution in [0.5, 0.6) is 0 Å². The Morgan fingerprint density at radius 3 is 2.88 bits per heavy atom. The smallest absolute Gasteiger partial charge is 0.253 e. The van der Waals surface area contributed by atoms with E-state index in [0.29, 0.717) is 35.6 Å². The third-order valence-electron chi connectivity index (χ3n) is 4.83. The lowest BCUT2D eigenvalue weighted by atomic mass is 10.1. The molecule has 1 saturated heterocycles. The molecular formula is C17H22FN5O. The maximum atomic E-state index is 13.8. The third-order valence-corrected chi connectivity index (χ3v) is 4.83. The van der Waals surface area contributed by atoms with Crippen molar-refractivity contribution in [2.45, 2.75) is 25.8 Å². The highest BCUT2D eigenvalue weighted by Crippen LogP contribution is 2.26. The fraction of sp³-hybridized carbons (Fsp3) is 0.529. The first kappa shape index (κ1) is 15.4. The molecule has 24 heavy (non-hydrogen) atoms. The molecule has 1 aromatic heterocycles. The van der Waals surface area contributed by atoms with Gasteiger partial charge in [-0.05, 0) is 32.0 Å². The number of benzene rings is 1. The summed E-state index contributed by atoms with van der Waals surface area (Å²) < 4.78 is 15.8. The molecule has 2 aromatic rings. The van der Waals surface area contributed by atoms with Gasteiger partial charge in [0, 0.05) is 32.2 Å². The summed E-state index contributed by atoms with van der Waals surface area (Å²) in [6.45, 7) is 5.23. The number of amides is 1. The summed E-state index contributed by atoms with van der Waals surface area (Å²) in [6.07, 6.45) is 3.87. The molecule has 2 N–H and O–H groups in total. The Balaban J connectivity index is 1.58. The van der Waals surface area contributed by atoms with Crippen LogP contribution in [0.1, 0.15) is 29.6 Å². The first-order valence-corrected chi connectivity index (χ1v) is 8.66. The van der Waals surface area contributed by atoms with Crippen LogP contribution >= 0.6 is 0 Å². The number of imidazole rings is 1. The van der Waals surface area contributed by atoms with Crippen LogP contribution in [-0.2, 0) is 6.54 Å². The summed E-state index contributed by atoms with van der Waals surface area (Å²) in [5, 5.41) is 6.18. The van der Waals surface area contributed by atoms with Crippen molar-refractivity contribution in [3.63, 3.8) is 0 Å². The molecule has 1 amide bonds. The molecule has 3 heterocycles. The predicted octanol–water partition coefficient (Wildman–Crippen LogP) is 1.82. The van der Waals surface area contributed by atoms with Crippen molar-refractivity contribution in [1.29, 1.82) is 0 Å². The molecule has 0 bridgehead atoms. The Labute approximate surface area is 140 Å². The van der Waals surface area contributed by atoms with Gasteiger partial charge in [0.25, 0.3) is 5.91 Å². The second-order valence-corrected chi connectivity index (χ2v) is 6.49. The van der Waals surface area contributed by atoms with Crippen molar-refractivity contribution in [2.24, 2.45) is 0 Å². The molecule has 0 aliphatic carbocycles. The summed E-state index contributed by atoms with van der Waals surface area (Å²) in [6, 6.07) is 2.68. The molecule has 1 fully saturated rings. The van der Waals surface area contributed by atoms with E-state index in [1.807, 2.05) is 4.57 Å². The normalized spacial score (nSPS) is 18.5. The topological polar surface area (TPSA) is 62.2 Å². The predicted molar refractivity (Wildman–Crippen MR) is 90.8 cm³/mol. The first-order valence-electron chi connectivity index (χ1n) is 8.66. The van der Waals surface area contributed by atoms with Crippen LogP contribution in [0.3, 0.4) is 0 Å². The number of rotatable bonds is 4. The maximum absolute atomic E-state index is 13.8. The summed E-state index contributed by atoms with van der Waals surface area (Å²) in [7, 11) is 0. The lowest BCUT2D eigenvalue weighted by molar-refractivity contribution is 0.0956. The zero-order valence-corrected chi connectivity index (χ0v) is 13.6. The average molecular weight is 331 g/mol. The van der Waals surface area contributed by atoms with E-state index in [0.717, 1.165) is 26.2 Å². The molecule has 0 unspecified atom stereocenters. The van der Waals surface area contributed by atoms with Crippen molar-refractivity contribution in [3.05, 3.63) is 23.5 Å². The number of likely N-dealkylation sites (tertiary alicyclic amines) is 1. The van der Waals surface area contributed by atoms with E-state index in [1.165, 1.54) is 31.4 Å². The van der Waals surface area contributed by atoms with Gasteiger partial charge >= 0.3 is 0 Å². The molecule has 6 nitrogen and oxygen atoms in total. The molecule has 0 saturated carbocycles. The highest BCUT2D eigenvalue weighted by molar-refractivity contribution is 6.06. The van der Waals surface area contributed by atoms with E-state index in [2.05, 4.69) is 20.5 Å². The molecule has 0 atom stereocenters. The minimum absolute atomic E-state index is 0.238. The average Bonchev–Trinajstić information content (AvgIpc) is 2.82. The third kappa shape index (κ3) is 2.84. The van der Waals surface area contributed by atoms with E-state index in [-0.39, 0.29) is 5.91 Å². The molecule has 4 rings (SSSR count). The maximum Gasteiger partial charge on any atom is 0.253 e. The monoisotopic (exact) mass is 331 g/mol. The zero-order chi connectivity index (χ0) is 16.5. The Hall–Kier alpha value is -2.15. The largest absolute Gasteiger partial charge is 0.354 e. The van der Waals surface area contributed by atoms with Gasteiger partial charge in [0.05, 0.1) is 16.6 Å². The number of halogens is 1. The molecule has 7 heteroatoms. The van der Waals surface area contributed by atoms with Gasteiger partial charge in [0.15, 0.2) is 0 Å². The van der Waals surface area contributed by atoms with Gasteiger partial charge in [0.2, 0.25) is 5.95 Å². The Morgan fingerprint density at radius 2 is 2.04 bits per heavy atom. The van der Waals surface area contributed by atoms with Gasteiger partial charge in [0.1, 0.15) is 5.82 Å². The number of anilines is 1. The van der Waals surface area contributed by atoms with Gasteiger partial charge in [-0.2, -0.15) is 0 Å². The van der Waals surface area contributed by atoms with Crippen LogP contribution in [0, 0.1) is 5.82 Å². The van der Waals surface area contributed by atoms with E-state index < -0.39 is 5.82 Å². The molecule has 128 valence electrons. The summed E-state index contributed by atoms with van der Waals surface area (Å²) in [5.41, 5.74) is 1.61. The SMILES string of the molecule is O=C1NCCn2c(NCCN3CCCCC3)nc3cc(F)cc1c32. The van der Waals surface area contributed by atoms with Crippen LogP contribution < -0.4 is 10.6 Å². The Kier molecular flexibility index (Phi) is 4.10. The Bertz CT molecular complexity index is 766. The van der Waals surface area contributed by atoms with Crippen LogP contribution in [0.15, 0.2) is 12.1 Å². The fourth-order valence-corrected chi connectivity index (χ4v) is 3.65. The van der Waals surface area contributed by atoms with Crippen LogP contribution in [0.25, 0.3) is 11.0 Å². The van der Waals surface area contributed by atoms with Crippen molar-refractivity contribution in [2.75, 3.05) is 38.0 Å². The molecular weight excluding hydrogens is 309 g/mol. The van der Waals surface area contributed by atoms with Gasteiger partial charge in [-0.25, -0.2) is 9.37 Å². The van der Waals surface area contributed by atoms with Gasteiger partial charge in [-0.15, -0.1) is 0 Å². The van der Waals surface area contributed by atoms with Crippen molar-refractivity contribution in [1.82, 2.24) is 19.8 Å². The number of carbonyl (C=O) groups is 1. The minimum Gasteiger partial charge on any atom is -0.354 e. The molecule has 0 spiro atoms. The van der Waals surface area contributed by atoms with E-state index in [1.54, 1.807) is 0 Å². The van der Waals surface area contributed by atoms with Gasteiger partial charge < -0.3 is 20.1 Å². The highest BCUT2D eigenvalue weighted by atomic mass is 19.1. The summed E-state index contributed by atoms with van der Waals surface area (Å²) in [5.74, 6) is 0.0439. The first-order chi connectivity index (χ1) is 11.7. The van der Waals surface area contributed by atoms with E-state index in [4.69, 9.17) is 0 Å². The fourth-order valence-electron chi connectivity index (χ4n) is 3.65. The number of nitrogens with one attached hydrogen (secondary N) is 2. The van der Waals surface area contributed by atoms with Crippen molar-refractivity contribution in [3.8, 4) is 0 Å². The molecule has 1 aromatic carbocycles. The zero-order valence-electron chi connectivity index (χ0n) is 13.6. The summed E-state index contributed by atoms with van der Waals surface area (Å²) >= 11 is 0. The van der Waals surface area contributed by atoms with E-state index in [9.17, 15) is 9.18 Å². The van der Waals surface area contributed by atoms with Gasteiger partial charge in [-0.1, -0.05) is 6.42 Å². The highest BCUT2D eigenvalue weighted by Gasteiger charge is 2.22. The van der Waals surface area contributed by atoms with E-state index >= 15 is 0 Å². The van der Waals surface area contributed by atoms with Crippen LogP contribution in [-0.4, -0.2) is 53.1 Å². The van der Waals surface area contributed by atoms with Gasteiger partial charge in [-0.3, -0.25) is 4.79 Å². The van der Waals surface area contributed by atoms with Crippen LogP contribution in [0.2, 0.25) is 0 Å². The molecule has 2 aliphatic heterocycles. The second kappa shape index (κ2) is 6.39. The second-order valence-electron chi connectivity index (χ2n) is 6.49. The number of aromatic nitrogens is 2. The van der Waals surface area contributed by atoms with Crippen molar-refractivity contribution >= 4 is 22.9 Å². The number of piperidine rings is 1. The number of carbonyl (C=O) groups excluding carboxylic acids is 1. The lowest BCUT2D eigenvalue weighted by Gasteiger charge is -2.26. The standard InChI is InChI=1S/C17H22FN5O/c18-12-10-13-15-14(11-12)21-17(23(15)9-5-19-16(13)24)20-4-8-22-6-2-1-3-7-22/h10-11H,1-9H2,(H,19,24)(H,20,21). The summed E-state index contributed by atoms with van der Waals surface area (Å²) in [4.78, 5) is 19.1. The quantitative estimate of drug-likeness (QED) is 0.897. The number of nitrogens with zero attached hydrogens (tertiary/aromatic N) is 3. The number of hydrogen-bond acceptors (Lipinski definition) is 4. The molecule has 2 aliphatic rings. The lowest BCUT2D eigenvalue weighted by Crippen LogP contribution is -2.34. The Morgan fingerprint density at radius 1 is 1.21 bits per heavy atom. The minimum atomic E-state index is -0.431.